The fraction of sp³-hybridized carbons (Fsp3) is 0.316. The molecule has 0 spiro atoms. The molecule has 1 amide bonds. The molecule has 4 rings (SSSR count). The van der Waals surface area contributed by atoms with Gasteiger partial charge in [0.2, 0.25) is 5.91 Å². The van der Waals surface area contributed by atoms with Crippen LogP contribution in [0.5, 0.6) is 5.75 Å². The molecule has 4 N–H and O–H groups in total. The zero-order chi connectivity index (χ0) is 18.8. The molecule has 3 unspecified atom stereocenters. The van der Waals surface area contributed by atoms with E-state index in [1.54, 1.807) is 12.1 Å². The maximum absolute atomic E-state index is 12.6. The van der Waals surface area contributed by atoms with Gasteiger partial charge in [-0.15, -0.1) is 11.6 Å². The van der Waals surface area contributed by atoms with Crippen molar-refractivity contribution >= 4 is 34.8 Å². The Labute approximate surface area is 167 Å². The highest BCUT2D eigenvalue weighted by Gasteiger charge is 2.39. The lowest BCUT2D eigenvalue weighted by atomic mass is 10.0. The highest BCUT2D eigenvalue weighted by Crippen LogP contribution is 2.29. The van der Waals surface area contributed by atoms with Gasteiger partial charge >= 0.3 is 0 Å². The van der Waals surface area contributed by atoms with E-state index in [1.165, 1.54) is 0 Å². The van der Waals surface area contributed by atoms with E-state index in [2.05, 4.69) is 21.5 Å². The minimum absolute atomic E-state index is 0.188. The van der Waals surface area contributed by atoms with Crippen molar-refractivity contribution in [1.29, 1.82) is 0 Å². The first-order chi connectivity index (χ1) is 13.1. The molecule has 6 nitrogen and oxygen atoms in total. The van der Waals surface area contributed by atoms with Crippen molar-refractivity contribution in [2.75, 3.05) is 18.4 Å². The predicted octanol–water partition coefficient (Wildman–Crippen LogP) is 2.45. The molecular weight excluding hydrogens is 387 g/mol. The fourth-order valence-electron chi connectivity index (χ4n) is 3.05. The molecule has 2 aliphatic heterocycles. The van der Waals surface area contributed by atoms with E-state index >= 15 is 0 Å². The van der Waals surface area contributed by atoms with Gasteiger partial charge in [0.05, 0.1) is 11.4 Å². The first-order valence-corrected chi connectivity index (χ1v) is 9.60. The molecule has 27 heavy (non-hydrogen) atoms. The molecule has 2 aromatic carbocycles. The number of hydrogen-bond donors (Lipinski definition) is 4. The van der Waals surface area contributed by atoms with Gasteiger partial charge in [0, 0.05) is 23.8 Å². The zero-order valence-electron chi connectivity index (χ0n) is 14.4. The molecule has 2 heterocycles. The van der Waals surface area contributed by atoms with Crippen molar-refractivity contribution in [2.45, 2.75) is 23.6 Å². The van der Waals surface area contributed by atoms with E-state index in [0.29, 0.717) is 10.7 Å². The highest BCUT2D eigenvalue weighted by atomic mass is 35.5. The second kappa shape index (κ2) is 8.04. The molecule has 0 bridgehead atoms. The smallest absolute Gasteiger partial charge is 0.244 e. The van der Waals surface area contributed by atoms with Crippen LogP contribution in [0, 0.1) is 0 Å². The fourth-order valence-corrected chi connectivity index (χ4v) is 3.57. The maximum atomic E-state index is 12.6. The van der Waals surface area contributed by atoms with Crippen LogP contribution in [0.4, 0.5) is 5.69 Å². The van der Waals surface area contributed by atoms with Gasteiger partial charge in [-0.05, 0) is 42.0 Å². The normalized spacial score (nSPS) is 25.0. The first kappa shape index (κ1) is 18.5. The van der Waals surface area contributed by atoms with E-state index in [9.17, 15) is 4.79 Å². The molecule has 0 radical (unpaired) electrons. The number of amides is 1. The molecule has 0 saturated carbocycles. The quantitative estimate of drug-likeness (QED) is 0.573. The van der Waals surface area contributed by atoms with Crippen molar-refractivity contribution in [3.63, 3.8) is 0 Å². The van der Waals surface area contributed by atoms with E-state index in [1.807, 2.05) is 36.4 Å². The number of carbonyl (C=O) groups is 1. The Hall–Kier alpha value is -1.83. The largest absolute Gasteiger partial charge is 0.488 e. The lowest BCUT2D eigenvalue weighted by Gasteiger charge is -2.27. The van der Waals surface area contributed by atoms with Gasteiger partial charge in [-0.3, -0.25) is 4.79 Å². The summed E-state index contributed by atoms with van der Waals surface area (Å²) in [7, 11) is 0. The van der Waals surface area contributed by atoms with E-state index < -0.39 is 11.4 Å². The van der Waals surface area contributed by atoms with Crippen LogP contribution in [0.25, 0.3) is 0 Å². The van der Waals surface area contributed by atoms with Gasteiger partial charge in [0.25, 0.3) is 0 Å². The number of rotatable bonds is 5. The summed E-state index contributed by atoms with van der Waals surface area (Å²) in [5.74, 6) is 0.592. The zero-order valence-corrected chi connectivity index (χ0v) is 15.9. The van der Waals surface area contributed by atoms with Crippen LogP contribution in [0.2, 0.25) is 5.02 Å². The Balaban J connectivity index is 1.36. The summed E-state index contributed by atoms with van der Waals surface area (Å²) in [4.78, 5) is 12.6. The molecule has 2 aliphatic rings. The Bertz CT molecular complexity index is 796. The Morgan fingerprint density at radius 3 is 2.37 bits per heavy atom. The summed E-state index contributed by atoms with van der Waals surface area (Å²) in [6, 6.07) is 14.0. The summed E-state index contributed by atoms with van der Waals surface area (Å²) in [6.07, 6.45) is 0.223. The lowest BCUT2D eigenvalue weighted by Crippen LogP contribution is -2.50. The topological polar surface area (TPSA) is 74.4 Å². The van der Waals surface area contributed by atoms with E-state index in [-0.39, 0.29) is 18.1 Å². The number of anilines is 1. The van der Waals surface area contributed by atoms with Crippen LogP contribution >= 0.6 is 23.2 Å². The van der Waals surface area contributed by atoms with Crippen molar-refractivity contribution in [3.8, 4) is 5.75 Å². The van der Waals surface area contributed by atoms with Crippen LogP contribution in [0.1, 0.15) is 11.6 Å². The number of ether oxygens (including phenoxy) is 1. The maximum Gasteiger partial charge on any atom is 0.244 e. The third kappa shape index (κ3) is 4.20. The SMILES string of the molecule is O=C(Nc1ccc(OC2CNC2)cc1)C1NNC(c2ccc(Cl)cc2)C1Cl. The first-order valence-electron chi connectivity index (χ1n) is 8.79. The minimum Gasteiger partial charge on any atom is -0.488 e. The lowest BCUT2D eigenvalue weighted by molar-refractivity contribution is -0.117. The summed E-state index contributed by atoms with van der Waals surface area (Å²) < 4.78 is 5.77. The third-order valence-electron chi connectivity index (χ3n) is 4.71. The summed E-state index contributed by atoms with van der Waals surface area (Å²) in [6.45, 7) is 1.73. The molecule has 142 valence electrons. The number of benzene rings is 2. The van der Waals surface area contributed by atoms with Crippen LogP contribution < -0.4 is 26.2 Å². The van der Waals surface area contributed by atoms with Gasteiger partial charge < -0.3 is 15.4 Å². The van der Waals surface area contributed by atoms with Gasteiger partial charge in [0.1, 0.15) is 17.9 Å². The summed E-state index contributed by atoms with van der Waals surface area (Å²) in [5, 5.41) is 6.26. The highest BCUT2D eigenvalue weighted by molar-refractivity contribution is 6.30. The molecule has 0 aliphatic carbocycles. The van der Waals surface area contributed by atoms with Crippen molar-refractivity contribution in [2.24, 2.45) is 0 Å². The molecule has 2 aromatic rings. The number of alkyl halides is 1. The average Bonchev–Trinajstić information content (AvgIpc) is 3.02. The van der Waals surface area contributed by atoms with Gasteiger partial charge in [-0.1, -0.05) is 23.7 Å². The molecule has 8 heteroatoms. The van der Waals surface area contributed by atoms with Gasteiger partial charge in [-0.25, -0.2) is 10.9 Å². The number of carbonyl (C=O) groups excluding carboxylic acids is 1. The van der Waals surface area contributed by atoms with Crippen molar-refractivity contribution in [1.82, 2.24) is 16.2 Å². The van der Waals surface area contributed by atoms with Crippen LogP contribution in [-0.2, 0) is 4.79 Å². The van der Waals surface area contributed by atoms with Crippen LogP contribution in [0.3, 0.4) is 0 Å². The number of hydrogen-bond acceptors (Lipinski definition) is 5. The van der Waals surface area contributed by atoms with E-state index in [0.717, 1.165) is 24.4 Å². The molecular formula is C19H20Cl2N4O2. The molecule has 2 saturated heterocycles. The molecule has 2 fully saturated rings. The molecule has 3 atom stereocenters. The Kier molecular flexibility index (Phi) is 5.52. The Morgan fingerprint density at radius 2 is 1.74 bits per heavy atom. The van der Waals surface area contributed by atoms with E-state index in [4.69, 9.17) is 27.9 Å². The monoisotopic (exact) mass is 406 g/mol. The minimum atomic E-state index is -0.565. The number of halogens is 2. The van der Waals surface area contributed by atoms with Gasteiger partial charge in [0.15, 0.2) is 0 Å². The Morgan fingerprint density at radius 1 is 1.04 bits per heavy atom. The van der Waals surface area contributed by atoms with Crippen LogP contribution in [0.15, 0.2) is 48.5 Å². The second-order valence-corrected chi connectivity index (χ2v) is 7.59. The van der Waals surface area contributed by atoms with Crippen LogP contribution in [-0.4, -0.2) is 36.5 Å². The number of hydrazine groups is 1. The summed E-state index contributed by atoms with van der Waals surface area (Å²) >= 11 is 12.5. The van der Waals surface area contributed by atoms with Gasteiger partial charge in [-0.2, -0.15) is 0 Å². The molecule has 0 aromatic heterocycles. The predicted molar refractivity (Wildman–Crippen MR) is 106 cm³/mol. The number of nitrogens with one attached hydrogen (secondary N) is 4. The standard InChI is InChI=1S/C19H20Cl2N4O2/c20-12-3-1-11(2-4-12)17-16(21)18(25-24-17)19(26)23-13-5-7-14(8-6-13)27-15-9-22-10-15/h1-8,15-18,22,24-25H,9-10H2,(H,23,26). The third-order valence-corrected chi connectivity index (χ3v) is 5.47. The van der Waals surface area contributed by atoms with Crippen molar-refractivity contribution < 1.29 is 9.53 Å². The second-order valence-electron chi connectivity index (χ2n) is 6.65. The van der Waals surface area contributed by atoms with Crippen molar-refractivity contribution in [3.05, 3.63) is 59.1 Å². The summed E-state index contributed by atoms with van der Waals surface area (Å²) in [5.41, 5.74) is 7.74. The average molecular weight is 407 g/mol.